The lowest BCUT2D eigenvalue weighted by molar-refractivity contribution is -0.158. The number of hydrogen-bond donors (Lipinski definition) is 1. The van der Waals surface area contributed by atoms with Crippen molar-refractivity contribution in [1.82, 2.24) is 4.90 Å². The molecule has 0 amide bonds. The van der Waals surface area contributed by atoms with E-state index < -0.39 is 6.79 Å². The predicted octanol–water partition coefficient (Wildman–Crippen LogP) is 0.211. The molecular weight excluding hydrogens is 170 g/mol. The number of ether oxygens (including phenoxy) is 1. The van der Waals surface area contributed by atoms with Crippen LogP contribution in [0.15, 0.2) is 0 Å². The van der Waals surface area contributed by atoms with Crippen LogP contribution in [0.3, 0.4) is 0 Å². The van der Waals surface area contributed by atoms with Crippen LogP contribution in [0.4, 0.5) is 0 Å². The molecule has 1 rings (SSSR count). The summed E-state index contributed by atoms with van der Waals surface area (Å²) in [5.74, 6) is -0.256. The quantitative estimate of drug-likeness (QED) is 0.507. The van der Waals surface area contributed by atoms with E-state index in [2.05, 4.69) is 16.6 Å². The summed E-state index contributed by atoms with van der Waals surface area (Å²) >= 11 is 0. The molecule has 1 saturated heterocycles. The Balaban J connectivity index is 2.28. The molecule has 0 unspecified atom stereocenters. The highest BCUT2D eigenvalue weighted by Gasteiger charge is 2.24. The molecule has 4 nitrogen and oxygen atoms in total. The molecule has 13 heavy (non-hydrogen) atoms. The Hall–Kier alpha value is -0.610. The molecule has 1 heterocycles. The van der Waals surface area contributed by atoms with Crippen LogP contribution in [0.5, 0.6) is 0 Å². The number of rotatable bonds is 3. The molecule has 1 aliphatic rings. The molecule has 1 N–H and O–H groups in total. The Kier molecular flexibility index (Phi) is 4.18. The van der Waals surface area contributed by atoms with Gasteiger partial charge in [-0.3, -0.25) is 4.79 Å². The fourth-order valence-corrected chi connectivity index (χ4v) is 1.67. The van der Waals surface area contributed by atoms with E-state index in [1.807, 2.05) is 0 Å². The normalized spacial score (nSPS) is 20.2. The van der Waals surface area contributed by atoms with E-state index in [1.54, 1.807) is 0 Å². The van der Waals surface area contributed by atoms with Gasteiger partial charge in [-0.1, -0.05) is 6.92 Å². The van der Waals surface area contributed by atoms with E-state index in [0.717, 1.165) is 32.5 Å². The second-order valence-corrected chi connectivity index (χ2v) is 3.30. The van der Waals surface area contributed by atoms with Gasteiger partial charge in [-0.15, -0.1) is 0 Å². The van der Waals surface area contributed by atoms with Crippen molar-refractivity contribution in [3.05, 3.63) is 0 Å². The van der Waals surface area contributed by atoms with Gasteiger partial charge < -0.3 is 14.7 Å². The summed E-state index contributed by atoms with van der Waals surface area (Å²) in [6.07, 6.45) is 1.71. The Morgan fingerprint density at radius 2 is 2.15 bits per heavy atom. The summed E-state index contributed by atoms with van der Waals surface area (Å²) in [5, 5.41) is 8.41. The van der Waals surface area contributed by atoms with Gasteiger partial charge in [0.1, 0.15) is 0 Å². The standard InChI is InChI=1S/C9H17NO3/c1-2-10-5-3-8(4-6-10)9(12)13-7-11/h8,11H,2-7H2,1H3. The topological polar surface area (TPSA) is 49.8 Å². The van der Waals surface area contributed by atoms with Gasteiger partial charge in [0, 0.05) is 0 Å². The zero-order chi connectivity index (χ0) is 9.68. The maximum atomic E-state index is 11.2. The average Bonchev–Trinajstić information content (AvgIpc) is 2.18. The maximum absolute atomic E-state index is 11.2. The van der Waals surface area contributed by atoms with E-state index >= 15 is 0 Å². The third kappa shape index (κ3) is 2.97. The van der Waals surface area contributed by atoms with Crippen molar-refractivity contribution in [2.24, 2.45) is 5.92 Å². The van der Waals surface area contributed by atoms with Crippen molar-refractivity contribution in [1.29, 1.82) is 0 Å². The van der Waals surface area contributed by atoms with Gasteiger partial charge in [-0.2, -0.15) is 0 Å². The molecule has 1 aliphatic heterocycles. The summed E-state index contributed by atoms with van der Waals surface area (Å²) in [4.78, 5) is 13.5. The molecule has 0 spiro atoms. The highest BCUT2D eigenvalue weighted by molar-refractivity contribution is 5.72. The first-order chi connectivity index (χ1) is 6.27. The third-order valence-electron chi connectivity index (χ3n) is 2.57. The zero-order valence-electron chi connectivity index (χ0n) is 8.03. The van der Waals surface area contributed by atoms with Crippen LogP contribution in [0.1, 0.15) is 19.8 Å². The second-order valence-electron chi connectivity index (χ2n) is 3.30. The van der Waals surface area contributed by atoms with Gasteiger partial charge in [0.15, 0.2) is 6.79 Å². The number of carbonyl (C=O) groups excluding carboxylic acids is 1. The molecule has 0 saturated carbocycles. The van der Waals surface area contributed by atoms with Crippen molar-refractivity contribution in [2.75, 3.05) is 26.4 Å². The number of hydrogen-bond acceptors (Lipinski definition) is 4. The van der Waals surface area contributed by atoms with Crippen molar-refractivity contribution in [3.63, 3.8) is 0 Å². The summed E-state index contributed by atoms with van der Waals surface area (Å²) < 4.78 is 4.55. The fraction of sp³-hybridized carbons (Fsp3) is 0.889. The SMILES string of the molecule is CCN1CCC(C(=O)OCO)CC1. The molecule has 76 valence electrons. The summed E-state index contributed by atoms with van der Waals surface area (Å²) in [6.45, 7) is 4.59. The molecule has 0 bridgehead atoms. The fourth-order valence-electron chi connectivity index (χ4n) is 1.67. The first-order valence-electron chi connectivity index (χ1n) is 4.77. The van der Waals surface area contributed by atoms with Crippen molar-refractivity contribution in [3.8, 4) is 0 Å². The van der Waals surface area contributed by atoms with Crippen LogP contribution in [-0.2, 0) is 9.53 Å². The average molecular weight is 187 g/mol. The molecule has 0 aromatic carbocycles. The van der Waals surface area contributed by atoms with Crippen LogP contribution in [0, 0.1) is 5.92 Å². The second kappa shape index (κ2) is 5.19. The lowest BCUT2D eigenvalue weighted by Crippen LogP contribution is -2.36. The van der Waals surface area contributed by atoms with E-state index in [9.17, 15) is 4.79 Å². The monoisotopic (exact) mass is 187 g/mol. The molecular formula is C9H17NO3. The largest absolute Gasteiger partial charge is 0.438 e. The van der Waals surface area contributed by atoms with Gasteiger partial charge in [0.25, 0.3) is 0 Å². The number of nitrogens with zero attached hydrogens (tertiary/aromatic N) is 1. The Morgan fingerprint density at radius 1 is 1.54 bits per heavy atom. The summed E-state index contributed by atoms with van der Waals surface area (Å²) in [7, 11) is 0. The van der Waals surface area contributed by atoms with Gasteiger partial charge in [-0.05, 0) is 32.5 Å². The number of piperidine rings is 1. The maximum Gasteiger partial charge on any atom is 0.311 e. The zero-order valence-corrected chi connectivity index (χ0v) is 8.03. The Labute approximate surface area is 78.5 Å². The summed E-state index contributed by atoms with van der Waals surface area (Å²) in [5.41, 5.74) is 0. The number of aliphatic hydroxyl groups is 1. The van der Waals surface area contributed by atoms with Crippen LogP contribution >= 0.6 is 0 Å². The highest BCUT2D eigenvalue weighted by atomic mass is 16.6. The van der Waals surface area contributed by atoms with Crippen molar-refractivity contribution in [2.45, 2.75) is 19.8 Å². The number of esters is 1. The minimum atomic E-state index is -0.493. The Bertz CT molecular complexity index is 164. The minimum Gasteiger partial charge on any atom is -0.438 e. The van der Waals surface area contributed by atoms with Crippen LogP contribution < -0.4 is 0 Å². The van der Waals surface area contributed by atoms with Gasteiger partial charge >= 0.3 is 5.97 Å². The van der Waals surface area contributed by atoms with Gasteiger partial charge in [0.05, 0.1) is 5.92 Å². The third-order valence-corrected chi connectivity index (χ3v) is 2.57. The first-order valence-corrected chi connectivity index (χ1v) is 4.77. The number of aliphatic hydroxyl groups excluding tert-OH is 1. The van der Waals surface area contributed by atoms with Crippen molar-refractivity contribution < 1.29 is 14.6 Å². The van der Waals surface area contributed by atoms with Gasteiger partial charge in [0.2, 0.25) is 0 Å². The number of carbonyl (C=O) groups is 1. The molecule has 0 atom stereocenters. The molecule has 0 aromatic heterocycles. The van der Waals surface area contributed by atoms with E-state index in [4.69, 9.17) is 5.11 Å². The molecule has 0 radical (unpaired) electrons. The minimum absolute atomic E-state index is 0.00468. The van der Waals surface area contributed by atoms with E-state index in [1.165, 1.54) is 0 Å². The molecule has 4 heteroatoms. The highest BCUT2D eigenvalue weighted by Crippen LogP contribution is 2.17. The molecule has 0 aromatic rings. The van der Waals surface area contributed by atoms with E-state index in [0.29, 0.717) is 0 Å². The van der Waals surface area contributed by atoms with Gasteiger partial charge in [-0.25, -0.2) is 0 Å². The molecule has 0 aliphatic carbocycles. The smallest absolute Gasteiger partial charge is 0.311 e. The lowest BCUT2D eigenvalue weighted by Gasteiger charge is -2.29. The summed E-state index contributed by atoms with van der Waals surface area (Å²) in [6, 6.07) is 0. The molecule has 1 fully saturated rings. The predicted molar refractivity (Wildman–Crippen MR) is 48.0 cm³/mol. The van der Waals surface area contributed by atoms with Crippen LogP contribution in [0.25, 0.3) is 0 Å². The van der Waals surface area contributed by atoms with Crippen molar-refractivity contribution >= 4 is 5.97 Å². The Morgan fingerprint density at radius 3 is 2.62 bits per heavy atom. The first kappa shape index (κ1) is 10.5. The van der Waals surface area contributed by atoms with E-state index in [-0.39, 0.29) is 11.9 Å². The van der Waals surface area contributed by atoms with Crippen LogP contribution in [0.2, 0.25) is 0 Å². The van der Waals surface area contributed by atoms with Crippen LogP contribution in [-0.4, -0.2) is 42.4 Å². The number of likely N-dealkylation sites (tertiary alicyclic amines) is 1. The lowest BCUT2D eigenvalue weighted by atomic mass is 9.97.